The second-order valence-electron chi connectivity index (χ2n) is 7.56. The lowest BCUT2D eigenvalue weighted by Crippen LogP contribution is -2.36. The average molecular weight is 449 g/mol. The number of rotatable bonds is 5. The standard InChI is InChI=1S/C20H21ClN4O4S/c21-14-8-23-15(9-22-14)24-18(27)16-12-6-3-7-13(12)30-19(16)25-17(26)10-4-1-2-5-11(10)20(28)29/h8-11H,1-7H2,(H,25,26)(H,28,29)(H,23,24,27). The van der Waals surface area contributed by atoms with E-state index < -0.39 is 17.8 Å². The van der Waals surface area contributed by atoms with Gasteiger partial charge in [-0.15, -0.1) is 11.3 Å². The summed E-state index contributed by atoms with van der Waals surface area (Å²) in [6.07, 6.45) is 7.95. The van der Waals surface area contributed by atoms with Crippen LogP contribution in [-0.4, -0.2) is 32.9 Å². The molecule has 1 saturated carbocycles. The van der Waals surface area contributed by atoms with Gasteiger partial charge >= 0.3 is 5.97 Å². The van der Waals surface area contributed by atoms with Gasteiger partial charge in [0.1, 0.15) is 10.2 Å². The van der Waals surface area contributed by atoms with E-state index in [-0.39, 0.29) is 22.8 Å². The molecule has 158 valence electrons. The van der Waals surface area contributed by atoms with Crippen LogP contribution in [0.25, 0.3) is 0 Å². The maximum absolute atomic E-state index is 13.0. The third kappa shape index (κ3) is 4.17. The van der Waals surface area contributed by atoms with Gasteiger partial charge in [-0.1, -0.05) is 24.4 Å². The maximum Gasteiger partial charge on any atom is 0.307 e. The molecule has 0 saturated heterocycles. The van der Waals surface area contributed by atoms with E-state index in [0.29, 0.717) is 23.4 Å². The predicted octanol–water partition coefficient (Wildman–Crippen LogP) is 3.76. The Hall–Kier alpha value is -2.52. The zero-order chi connectivity index (χ0) is 21.3. The molecule has 4 rings (SSSR count). The summed E-state index contributed by atoms with van der Waals surface area (Å²) >= 11 is 7.14. The molecule has 1 fully saturated rings. The minimum Gasteiger partial charge on any atom is -0.481 e. The average Bonchev–Trinajstić information content (AvgIpc) is 3.30. The number of halogens is 1. The second-order valence-corrected chi connectivity index (χ2v) is 9.06. The van der Waals surface area contributed by atoms with Gasteiger partial charge in [-0.2, -0.15) is 0 Å². The normalized spacial score (nSPS) is 20.4. The van der Waals surface area contributed by atoms with Gasteiger partial charge in [0, 0.05) is 4.88 Å². The van der Waals surface area contributed by atoms with Gasteiger partial charge in [-0.3, -0.25) is 14.4 Å². The number of carbonyl (C=O) groups is 3. The van der Waals surface area contributed by atoms with Crippen LogP contribution in [0.3, 0.4) is 0 Å². The van der Waals surface area contributed by atoms with Crippen LogP contribution in [-0.2, 0) is 22.4 Å². The number of aliphatic carboxylic acids is 1. The lowest BCUT2D eigenvalue weighted by molar-refractivity contribution is -0.147. The third-order valence-electron chi connectivity index (χ3n) is 5.67. The molecular weight excluding hydrogens is 428 g/mol. The fraction of sp³-hybridized carbons (Fsp3) is 0.450. The Morgan fingerprint density at radius 3 is 2.50 bits per heavy atom. The fourth-order valence-corrected chi connectivity index (χ4v) is 5.62. The van der Waals surface area contributed by atoms with E-state index in [1.54, 1.807) is 0 Å². The molecule has 3 N–H and O–H groups in total. The van der Waals surface area contributed by atoms with Crippen molar-refractivity contribution in [1.82, 2.24) is 9.97 Å². The summed E-state index contributed by atoms with van der Waals surface area (Å²) in [6.45, 7) is 0. The zero-order valence-electron chi connectivity index (χ0n) is 16.1. The molecule has 10 heteroatoms. The van der Waals surface area contributed by atoms with Crippen molar-refractivity contribution in [2.45, 2.75) is 44.9 Å². The number of amides is 2. The van der Waals surface area contributed by atoms with E-state index in [9.17, 15) is 19.5 Å². The first kappa shape index (κ1) is 20.7. The van der Waals surface area contributed by atoms with Crippen molar-refractivity contribution in [2.75, 3.05) is 10.6 Å². The lowest BCUT2D eigenvalue weighted by Gasteiger charge is -2.27. The molecule has 2 atom stereocenters. The number of aromatic nitrogens is 2. The Bertz CT molecular complexity index is 991. The molecule has 2 heterocycles. The van der Waals surface area contributed by atoms with Crippen LogP contribution in [0.15, 0.2) is 12.4 Å². The number of thiophene rings is 1. The van der Waals surface area contributed by atoms with Crippen LogP contribution in [0, 0.1) is 11.8 Å². The van der Waals surface area contributed by atoms with Crippen molar-refractivity contribution < 1.29 is 19.5 Å². The van der Waals surface area contributed by atoms with E-state index >= 15 is 0 Å². The Labute approximate surface area is 182 Å². The van der Waals surface area contributed by atoms with Crippen molar-refractivity contribution >= 4 is 51.5 Å². The summed E-state index contributed by atoms with van der Waals surface area (Å²) in [5, 5.41) is 15.8. The van der Waals surface area contributed by atoms with E-state index in [4.69, 9.17) is 11.6 Å². The molecule has 2 aromatic heterocycles. The first-order valence-corrected chi connectivity index (χ1v) is 11.1. The number of nitrogens with zero attached hydrogens (tertiary/aromatic N) is 2. The number of nitrogens with one attached hydrogen (secondary N) is 2. The van der Waals surface area contributed by atoms with Crippen LogP contribution >= 0.6 is 22.9 Å². The van der Waals surface area contributed by atoms with Gasteiger partial charge < -0.3 is 15.7 Å². The van der Waals surface area contributed by atoms with Crippen LogP contribution in [0.4, 0.5) is 10.8 Å². The van der Waals surface area contributed by atoms with E-state index in [1.807, 2.05) is 0 Å². The van der Waals surface area contributed by atoms with Crippen molar-refractivity contribution in [1.29, 1.82) is 0 Å². The summed E-state index contributed by atoms with van der Waals surface area (Å²) < 4.78 is 0. The molecule has 2 amide bonds. The van der Waals surface area contributed by atoms with Crippen LogP contribution in [0.2, 0.25) is 5.15 Å². The van der Waals surface area contributed by atoms with Gasteiger partial charge in [0.15, 0.2) is 5.82 Å². The number of hydrogen-bond donors (Lipinski definition) is 3. The first-order chi connectivity index (χ1) is 14.4. The zero-order valence-corrected chi connectivity index (χ0v) is 17.7. The van der Waals surface area contributed by atoms with E-state index in [1.165, 1.54) is 23.7 Å². The molecule has 2 aliphatic rings. The highest BCUT2D eigenvalue weighted by Gasteiger charge is 2.37. The highest BCUT2D eigenvalue weighted by molar-refractivity contribution is 7.17. The van der Waals surface area contributed by atoms with Crippen molar-refractivity contribution in [2.24, 2.45) is 11.8 Å². The largest absolute Gasteiger partial charge is 0.481 e. The summed E-state index contributed by atoms with van der Waals surface area (Å²) in [7, 11) is 0. The molecule has 8 nitrogen and oxygen atoms in total. The molecule has 2 aliphatic carbocycles. The first-order valence-electron chi connectivity index (χ1n) is 9.91. The van der Waals surface area contributed by atoms with Crippen LogP contribution in [0.5, 0.6) is 0 Å². The minimum absolute atomic E-state index is 0.220. The monoisotopic (exact) mass is 448 g/mol. The molecule has 2 unspecified atom stereocenters. The summed E-state index contributed by atoms with van der Waals surface area (Å²) in [5.74, 6) is -2.67. The predicted molar refractivity (Wildman–Crippen MR) is 113 cm³/mol. The SMILES string of the molecule is O=C(Nc1cnc(Cl)cn1)c1c(NC(=O)C2CCCCC2C(=O)O)sc2c1CCC2. The van der Waals surface area contributed by atoms with Gasteiger partial charge in [0.2, 0.25) is 5.91 Å². The van der Waals surface area contributed by atoms with Crippen molar-refractivity contribution in [3.63, 3.8) is 0 Å². The Balaban J connectivity index is 1.58. The minimum atomic E-state index is -0.942. The molecule has 0 radical (unpaired) electrons. The van der Waals surface area contributed by atoms with Crippen molar-refractivity contribution in [3.05, 3.63) is 33.6 Å². The molecule has 0 bridgehead atoms. The Kier molecular flexibility index (Phi) is 6.01. The van der Waals surface area contributed by atoms with Gasteiger partial charge in [-0.25, -0.2) is 9.97 Å². The highest BCUT2D eigenvalue weighted by atomic mass is 35.5. The number of fused-ring (bicyclic) bond motifs is 1. The maximum atomic E-state index is 13.0. The van der Waals surface area contributed by atoms with Crippen LogP contribution in [0.1, 0.15) is 52.9 Å². The quantitative estimate of drug-likeness (QED) is 0.640. The Morgan fingerprint density at radius 2 is 1.80 bits per heavy atom. The van der Waals surface area contributed by atoms with Gasteiger partial charge in [0.05, 0.1) is 29.8 Å². The van der Waals surface area contributed by atoms with Crippen LogP contribution < -0.4 is 10.6 Å². The molecule has 2 aromatic rings. The lowest BCUT2D eigenvalue weighted by atomic mass is 9.79. The number of hydrogen-bond acceptors (Lipinski definition) is 6. The number of carboxylic acids is 1. The second kappa shape index (κ2) is 8.69. The smallest absolute Gasteiger partial charge is 0.307 e. The van der Waals surface area contributed by atoms with Crippen molar-refractivity contribution in [3.8, 4) is 0 Å². The van der Waals surface area contributed by atoms with Gasteiger partial charge in [-0.05, 0) is 37.7 Å². The Morgan fingerprint density at radius 1 is 1.03 bits per heavy atom. The number of aryl methyl sites for hydroxylation is 1. The molecule has 0 spiro atoms. The topological polar surface area (TPSA) is 121 Å². The third-order valence-corrected chi connectivity index (χ3v) is 7.07. The van der Waals surface area contributed by atoms with E-state index in [2.05, 4.69) is 20.6 Å². The van der Waals surface area contributed by atoms with E-state index in [0.717, 1.165) is 42.5 Å². The molecule has 0 aliphatic heterocycles. The molecule has 0 aromatic carbocycles. The number of carboxylic acid groups (broad SMARTS) is 1. The molecule has 30 heavy (non-hydrogen) atoms. The molecular formula is C20H21ClN4O4S. The fourth-order valence-electron chi connectivity index (χ4n) is 4.23. The summed E-state index contributed by atoms with van der Waals surface area (Å²) in [5.41, 5.74) is 1.37. The highest BCUT2D eigenvalue weighted by Crippen LogP contribution is 2.40. The summed E-state index contributed by atoms with van der Waals surface area (Å²) in [6, 6.07) is 0. The van der Waals surface area contributed by atoms with Gasteiger partial charge in [0.25, 0.3) is 5.91 Å². The number of carbonyl (C=O) groups excluding carboxylic acids is 2. The summed E-state index contributed by atoms with van der Waals surface area (Å²) in [4.78, 5) is 46.6. The number of anilines is 2.